The van der Waals surface area contributed by atoms with Crippen LogP contribution in [-0.4, -0.2) is 23.3 Å². The van der Waals surface area contributed by atoms with Crippen molar-refractivity contribution in [2.24, 2.45) is 0 Å². The van der Waals surface area contributed by atoms with Gasteiger partial charge in [0.05, 0.1) is 12.8 Å². The summed E-state index contributed by atoms with van der Waals surface area (Å²) in [6.07, 6.45) is 6.24. The van der Waals surface area contributed by atoms with Crippen LogP contribution in [0.3, 0.4) is 0 Å². The number of methoxy groups -OCH3 is 1. The van der Waals surface area contributed by atoms with Crippen molar-refractivity contribution < 1.29 is 9.53 Å². The summed E-state index contributed by atoms with van der Waals surface area (Å²) in [4.78, 5) is 11.2. The molecule has 4 heteroatoms. The van der Waals surface area contributed by atoms with E-state index in [-0.39, 0.29) is 5.97 Å². The highest BCUT2D eigenvalue weighted by Crippen LogP contribution is 2.35. The van der Waals surface area contributed by atoms with Crippen molar-refractivity contribution in [2.45, 2.75) is 51.4 Å². The Bertz CT molecular complexity index is 392. The molecular formula is C13H20N2O2. The van der Waals surface area contributed by atoms with Crippen LogP contribution in [0.2, 0.25) is 0 Å². The van der Waals surface area contributed by atoms with Crippen molar-refractivity contribution in [2.75, 3.05) is 7.11 Å². The molecule has 0 radical (unpaired) electrons. The number of hydrogen-bond acceptors (Lipinski definition) is 3. The van der Waals surface area contributed by atoms with Gasteiger partial charge in [0.15, 0.2) is 0 Å². The summed E-state index contributed by atoms with van der Waals surface area (Å²) in [7, 11) is 1.43. The second kappa shape index (κ2) is 5.34. The molecule has 0 aromatic carbocycles. The lowest BCUT2D eigenvalue weighted by atomic mass is 9.96. The normalized spacial score (nSPS) is 16.4. The first kappa shape index (κ1) is 12.1. The Balaban J connectivity index is 2.08. The standard InChI is InChI=1S/C13H20N2O2/c1-9-11(7-8-12(16)17-2)13(15-14-9)10-5-3-4-6-10/h10H,3-8H2,1-2H3,(H,14,15). The molecule has 0 aliphatic heterocycles. The Hall–Kier alpha value is -1.32. The van der Waals surface area contributed by atoms with Gasteiger partial charge < -0.3 is 4.74 Å². The predicted molar refractivity (Wildman–Crippen MR) is 64.9 cm³/mol. The molecule has 0 unspecified atom stereocenters. The number of aryl methyl sites for hydroxylation is 1. The van der Waals surface area contributed by atoms with E-state index >= 15 is 0 Å². The molecule has 1 aliphatic rings. The average molecular weight is 236 g/mol. The fraction of sp³-hybridized carbons (Fsp3) is 0.692. The Kier molecular flexibility index (Phi) is 3.82. The maximum absolute atomic E-state index is 11.2. The van der Waals surface area contributed by atoms with Crippen molar-refractivity contribution in [3.05, 3.63) is 17.0 Å². The van der Waals surface area contributed by atoms with Crippen LogP contribution in [0, 0.1) is 6.92 Å². The third-order valence-corrected chi connectivity index (χ3v) is 3.65. The first-order chi connectivity index (χ1) is 8.22. The Morgan fingerprint density at radius 2 is 2.18 bits per heavy atom. The lowest BCUT2D eigenvalue weighted by molar-refractivity contribution is -0.140. The van der Waals surface area contributed by atoms with Gasteiger partial charge in [-0.15, -0.1) is 0 Å². The third kappa shape index (κ3) is 2.68. The number of carbonyl (C=O) groups is 1. The van der Waals surface area contributed by atoms with Crippen LogP contribution in [-0.2, 0) is 16.0 Å². The predicted octanol–water partition coefficient (Wildman–Crippen LogP) is 2.48. The van der Waals surface area contributed by atoms with Crippen LogP contribution in [0.15, 0.2) is 0 Å². The number of H-pyrrole nitrogens is 1. The molecule has 0 bridgehead atoms. The number of hydrogen-bond donors (Lipinski definition) is 1. The zero-order valence-corrected chi connectivity index (χ0v) is 10.6. The summed E-state index contributed by atoms with van der Waals surface area (Å²) in [5, 5.41) is 7.48. The zero-order chi connectivity index (χ0) is 12.3. The van der Waals surface area contributed by atoms with E-state index in [9.17, 15) is 4.79 Å². The van der Waals surface area contributed by atoms with Gasteiger partial charge in [0, 0.05) is 18.0 Å². The van der Waals surface area contributed by atoms with E-state index in [4.69, 9.17) is 0 Å². The van der Waals surface area contributed by atoms with Crippen molar-refractivity contribution in [3.8, 4) is 0 Å². The molecule has 0 saturated heterocycles. The quantitative estimate of drug-likeness (QED) is 0.817. The molecule has 94 valence electrons. The highest BCUT2D eigenvalue weighted by molar-refractivity contribution is 5.69. The Labute approximate surface area is 102 Å². The van der Waals surface area contributed by atoms with Crippen LogP contribution in [0.4, 0.5) is 0 Å². The topological polar surface area (TPSA) is 55.0 Å². The van der Waals surface area contributed by atoms with E-state index in [0.717, 1.165) is 12.1 Å². The molecule has 1 N–H and O–H groups in total. The number of nitrogens with zero attached hydrogens (tertiary/aromatic N) is 1. The molecule has 0 atom stereocenters. The smallest absolute Gasteiger partial charge is 0.305 e. The second-order valence-electron chi connectivity index (χ2n) is 4.77. The summed E-state index contributed by atoms with van der Waals surface area (Å²) in [6, 6.07) is 0. The summed E-state index contributed by atoms with van der Waals surface area (Å²) >= 11 is 0. The number of nitrogens with one attached hydrogen (secondary N) is 1. The lowest BCUT2D eigenvalue weighted by Crippen LogP contribution is -2.05. The van der Waals surface area contributed by atoms with Crippen LogP contribution < -0.4 is 0 Å². The van der Waals surface area contributed by atoms with Crippen molar-refractivity contribution in [1.82, 2.24) is 10.2 Å². The summed E-state index contributed by atoms with van der Waals surface area (Å²) in [5.41, 5.74) is 3.50. The van der Waals surface area contributed by atoms with Gasteiger partial charge >= 0.3 is 5.97 Å². The van der Waals surface area contributed by atoms with Crippen LogP contribution in [0.5, 0.6) is 0 Å². The minimum absolute atomic E-state index is 0.150. The summed E-state index contributed by atoms with van der Waals surface area (Å²) in [5.74, 6) is 0.440. The van der Waals surface area contributed by atoms with E-state index in [1.54, 1.807) is 0 Å². The molecule has 1 aliphatic carbocycles. The maximum atomic E-state index is 11.2. The molecule has 1 saturated carbocycles. The molecule has 0 amide bonds. The molecule has 1 heterocycles. The van der Waals surface area contributed by atoms with E-state index in [0.29, 0.717) is 12.3 Å². The fourth-order valence-electron chi connectivity index (χ4n) is 2.65. The van der Waals surface area contributed by atoms with Gasteiger partial charge in [0.1, 0.15) is 0 Å². The third-order valence-electron chi connectivity index (χ3n) is 3.65. The van der Waals surface area contributed by atoms with Crippen molar-refractivity contribution in [3.63, 3.8) is 0 Å². The monoisotopic (exact) mass is 236 g/mol. The number of carbonyl (C=O) groups excluding carboxylic acids is 1. The number of esters is 1. The van der Waals surface area contributed by atoms with E-state index in [1.807, 2.05) is 6.92 Å². The van der Waals surface area contributed by atoms with Gasteiger partial charge in [0.2, 0.25) is 0 Å². The molecule has 1 fully saturated rings. The van der Waals surface area contributed by atoms with Gasteiger partial charge in [-0.2, -0.15) is 5.10 Å². The molecule has 17 heavy (non-hydrogen) atoms. The SMILES string of the molecule is COC(=O)CCc1c(C2CCCC2)n[nH]c1C. The van der Waals surface area contributed by atoms with Crippen LogP contribution in [0.1, 0.15) is 55.0 Å². The summed E-state index contributed by atoms with van der Waals surface area (Å²) < 4.78 is 4.68. The molecule has 2 rings (SSSR count). The number of rotatable bonds is 4. The van der Waals surface area contributed by atoms with Gasteiger partial charge in [-0.1, -0.05) is 12.8 Å². The maximum Gasteiger partial charge on any atom is 0.305 e. The van der Waals surface area contributed by atoms with Crippen LogP contribution >= 0.6 is 0 Å². The lowest BCUT2D eigenvalue weighted by Gasteiger charge is -2.09. The highest BCUT2D eigenvalue weighted by atomic mass is 16.5. The number of ether oxygens (including phenoxy) is 1. The van der Waals surface area contributed by atoms with Crippen molar-refractivity contribution in [1.29, 1.82) is 0 Å². The van der Waals surface area contributed by atoms with E-state index in [1.165, 1.54) is 44.1 Å². The molecular weight excluding hydrogens is 216 g/mol. The largest absolute Gasteiger partial charge is 0.469 e. The van der Waals surface area contributed by atoms with Gasteiger partial charge in [-0.25, -0.2) is 0 Å². The Morgan fingerprint density at radius 3 is 2.82 bits per heavy atom. The first-order valence-electron chi connectivity index (χ1n) is 6.33. The van der Waals surface area contributed by atoms with E-state index < -0.39 is 0 Å². The van der Waals surface area contributed by atoms with Crippen molar-refractivity contribution >= 4 is 5.97 Å². The van der Waals surface area contributed by atoms with E-state index in [2.05, 4.69) is 14.9 Å². The van der Waals surface area contributed by atoms with Gasteiger partial charge in [-0.3, -0.25) is 9.89 Å². The first-order valence-corrected chi connectivity index (χ1v) is 6.33. The fourth-order valence-corrected chi connectivity index (χ4v) is 2.65. The summed E-state index contributed by atoms with van der Waals surface area (Å²) in [6.45, 7) is 2.03. The second-order valence-corrected chi connectivity index (χ2v) is 4.77. The molecule has 1 aromatic rings. The minimum Gasteiger partial charge on any atom is -0.469 e. The molecule has 0 spiro atoms. The average Bonchev–Trinajstić information content (AvgIpc) is 2.95. The van der Waals surface area contributed by atoms with Gasteiger partial charge in [-0.05, 0) is 31.7 Å². The Morgan fingerprint density at radius 1 is 1.47 bits per heavy atom. The number of aromatic amines is 1. The number of aromatic nitrogens is 2. The molecule has 4 nitrogen and oxygen atoms in total. The van der Waals surface area contributed by atoms with Crippen LogP contribution in [0.25, 0.3) is 0 Å². The molecule has 1 aromatic heterocycles. The zero-order valence-electron chi connectivity index (χ0n) is 10.6. The van der Waals surface area contributed by atoms with Gasteiger partial charge in [0.25, 0.3) is 0 Å². The highest BCUT2D eigenvalue weighted by Gasteiger charge is 2.23. The minimum atomic E-state index is -0.150.